The Labute approximate surface area is 105 Å². The number of ether oxygens (including phenoxy) is 2. The van der Waals surface area contributed by atoms with Gasteiger partial charge in [0.15, 0.2) is 0 Å². The van der Waals surface area contributed by atoms with E-state index < -0.39 is 0 Å². The SMILES string of the molecule is C=CC(=O)OCCCCCCCCOCCC. The minimum absolute atomic E-state index is 0.321. The third kappa shape index (κ3) is 13.1. The van der Waals surface area contributed by atoms with E-state index in [1.165, 1.54) is 25.3 Å². The predicted octanol–water partition coefficient (Wildman–Crippen LogP) is 3.48. The van der Waals surface area contributed by atoms with Crippen LogP contribution in [0.4, 0.5) is 0 Å². The molecule has 0 heterocycles. The zero-order valence-corrected chi connectivity index (χ0v) is 11.1. The third-order valence-electron chi connectivity index (χ3n) is 2.44. The molecule has 3 nitrogen and oxygen atoms in total. The van der Waals surface area contributed by atoms with Crippen LogP contribution >= 0.6 is 0 Å². The first-order valence-electron chi connectivity index (χ1n) is 6.68. The van der Waals surface area contributed by atoms with Crippen molar-refractivity contribution >= 4 is 5.97 Å². The lowest BCUT2D eigenvalue weighted by atomic mass is 10.1. The van der Waals surface area contributed by atoms with Gasteiger partial charge in [0.25, 0.3) is 0 Å². The van der Waals surface area contributed by atoms with Crippen LogP contribution in [0.25, 0.3) is 0 Å². The Hall–Kier alpha value is -0.830. The quantitative estimate of drug-likeness (QED) is 0.298. The van der Waals surface area contributed by atoms with Gasteiger partial charge in [0.05, 0.1) is 6.61 Å². The fraction of sp³-hybridized carbons (Fsp3) is 0.786. The van der Waals surface area contributed by atoms with Crippen LogP contribution in [0.2, 0.25) is 0 Å². The van der Waals surface area contributed by atoms with E-state index in [0.29, 0.717) is 6.61 Å². The molecule has 3 heteroatoms. The first-order chi connectivity index (χ1) is 8.31. The molecule has 0 N–H and O–H groups in total. The summed E-state index contributed by atoms with van der Waals surface area (Å²) in [4.78, 5) is 10.7. The molecular formula is C14H26O3. The second-order valence-corrected chi connectivity index (χ2v) is 4.11. The molecule has 0 aromatic carbocycles. The van der Waals surface area contributed by atoms with Crippen LogP contribution in [0.1, 0.15) is 51.9 Å². The van der Waals surface area contributed by atoms with E-state index >= 15 is 0 Å². The molecular weight excluding hydrogens is 216 g/mol. The molecule has 0 aromatic rings. The van der Waals surface area contributed by atoms with Crippen molar-refractivity contribution in [1.29, 1.82) is 0 Å². The smallest absolute Gasteiger partial charge is 0.330 e. The summed E-state index contributed by atoms with van der Waals surface area (Å²) in [6, 6.07) is 0. The minimum Gasteiger partial charge on any atom is -0.463 e. The summed E-state index contributed by atoms with van der Waals surface area (Å²) >= 11 is 0. The lowest BCUT2D eigenvalue weighted by Crippen LogP contribution is -2.01. The summed E-state index contributed by atoms with van der Waals surface area (Å²) in [5.74, 6) is -0.321. The highest BCUT2D eigenvalue weighted by Crippen LogP contribution is 2.05. The fourth-order valence-electron chi connectivity index (χ4n) is 1.49. The van der Waals surface area contributed by atoms with Crippen LogP contribution in [0.3, 0.4) is 0 Å². The summed E-state index contributed by atoms with van der Waals surface area (Å²) in [6.45, 7) is 7.76. The average Bonchev–Trinajstić information content (AvgIpc) is 2.35. The number of carbonyl (C=O) groups excluding carboxylic acids is 1. The number of rotatable bonds is 12. The highest BCUT2D eigenvalue weighted by Gasteiger charge is 1.95. The lowest BCUT2D eigenvalue weighted by molar-refractivity contribution is -0.137. The monoisotopic (exact) mass is 242 g/mol. The zero-order valence-electron chi connectivity index (χ0n) is 11.1. The Balaban J connectivity index is 2.98. The molecule has 0 radical (unpaired) electrons. The Morgan fingerprint density at radius 2 is 1.59 bits per heavy atom. The van der Waals surface area contributed by atoms with E-state index in [0.717, 1.165) is 38.9 Å². The Morgan fingerprint density at radius 3 is 2.18 bits per heavy atom. The summed E-state index contributed by atoms with van der Waals surface area (Å²) in [7, 11) is 0. The van der Waals surface area contributed by atoms with Crippen molar-refractivity contribution in [3.8, 4) is 0 Å². The minimum atomic E-state index is -0.321. The molecule has 0 aliphatic heterocycles. The maximum atomic E-state index is 10.7. The highest BCUT2D eigenvalue weighted by molar-refractivity contribution is 5.81. The van der Waals surface area contributed by atoms with Crippen molar-refractivity contribution in [2.45, 2.75) is 51.9 Å². The van der Waals surface area contributed by atoms with Crippen molar-refractivity contribution in [3.05, 3.63) is 12.7 Å². The van der Waals surface area contributed by atoms with E-state index in [1.807, 2.05) is 0 Å². The molecule has 0 aliphatic rings. The van der Waals surface area contributed by atoms with Gasteiger partial charge in [-0.1, -0.05) is 39.2 Å². The van der Waals surface area contributed by atoms with E-state index in [1.54, 1.807) is 0 Å². The van der Waals surface area contributed by atoms with Crippen LogP contribution in [0.15, 0.2) is 12.7 Å². The summed E-state index contributed by atoms with van der Waals surface area (Å²) in [5.41, 5.74) is 0. The summed E-state index contributed by atoms with van der Waals surface area (Å²) in [5, 5.41) is 0. The van der Waals surface area contributed by atoms with Crippen LogP contribution in [-0.4, -0.2) is 25.8 Å². The standard InChI is InChI=1S/C14H26O3/c1-3-11-16-12-9-7-5-6-8-10-13-17-14(15)4-2/h4H,2-3,5-13H2,1H3. The van der Waals surface area contributed by atoms with Gasteiger partial charge in [-0.15, -0.1) is 0 Å². The molecule has 0 fully saturated rings. The van der Waals surface area contributed by atoms with Crippen molar-refractivity contribution in [3.63, 3.8) is 0 Å². The molecule has 0 spiro atoms. The fourth-order valence-corrected chi connectivity index (χ4v) is 1.49. The average molecular weight is 242 g/mol. The van der Waals surface area contributed by atoms with Crippen LogP contribution in [-0.2, 0) is 14.3 Å². The van der Waals surface area contributed by atoms with Crippen LogP contribution in [0.5, 0.6) is 0 Å². The molecule has 0 amide bonds. The van der Waals surface area contributed by atoms with Crippen molar-refractivity contribution < 1.29 is 14.3 Å². The van der Waals surface area contributed by atoms with Crippen LogP contribution in [0, 0.1) is 0 Å². The first-order valence-corrected chi connectivity index (χ1v) is 6.68. The molecule has 0 aliphatic carbocycles. The number of unbranched alkanes of at least 4 members (excludes halogenated alkanes) is 5. The maximum Gasteiger partial charge on any atom is 0.330 e. The predicted molar refractivity (Wildman–Crippen MR) is 70.0 cm³/mol. The van der Waals surface area contributed by atoms with Gasteiger partial charge in [0.2, 0.25) is 0 Å². The van der Waals surface area contributed by atoms with Gasteiger partial charge >= 0.3 is 5.97 Å². The van der Waals surface area contributed by atoms with E-state index in [4.69, 9.17) is 9.47 Å². The number of esters is 1. The van der Waals surface area contributed by atoms with Gasteiger partial charge in [0, 0.05) is 19.3 Å². The molecule has 17 heavy (non-hydrogen) atoms. The maximum absolute atomic E-state index is 10.7. The van der Waals surface area contributed by atoms with Gasteiger partial charge in [-0.2, -0.15) is 0 Å². The largest absolute Gasteiger partial charge is 0.463 e. The van der Waals surface area contributed by atoms with Gasteiger partial charge < -0.3 is 9.47 Å². The number of carbonyl (C=O) groups is 1. The second kappa shape index (κ2) is 13.2. The first kappa shape index (κ1) is 16.2. The summed E-state index contributed by atoms with van der Waals surface area (Å²) in [6.07, 6.45) is 9.22. The topological polar surface area (TPSA) is 35.5 Å². The second-order valence-electron chi connectivity index (χ2n) is 4.11. The van der Waals surface area contributed by atoms with Crippen molar-refractivity contribution in [2.75, 3.05) is 19.8 Å². The Morgan fingerprint density at radius 1 is 1.00 bits per heavy atom. The summed E-state index contributed by atoms with van der Waals surface area (Å²) < 4.78 is 10.3. The van der Waals surface area contributed by atoms with Gasteiger partial charge in [0.1, 0.15) is 0 Å². The van der Waals surface area contributed by atoms with Gasteiger partial charge in [-0.25, -0.2) is 4.79 Å². The lowest BCUT2D eigenvalue weighted by Gasteiger charge is -2.03. The Bertz CT molecular complexity index is 190. The van der Waals surface area contributed by atoms with E-state index in [2.05, 4.69) is 13.5 Å². The zero-order chi connectivity index (χ0) is 12.8. The molecule has 0 rings (SSSR count). The molecule has 0 saturated carbocycles. The van der Waals surface area contributed by atoms with Crippen molar-refractivity contribution in [2.24, 2.45) is 0 Å². The van der Waals surface area contributed by atoms with Crippen molar-refractivity contribution in [1.82, 2.24) is 0 Å². The van der Waals surface area contributed by atoms with Crippen LogP contribution < -0.4 is 0 Å². The Kier molecular flexibility index (Phi) is 12.6. The normalized spacial score (nSPS) is 10.2. The molecule has 0 saturated heterocycles. The highest BCUT2D eigenvalue weighted by atomic mass is 16.5. The van der Waals surface area contributed by atoms with E-state index in [-0.39, 0.29) is 5.97 Å². The van der Waals surface area contributed by atoms with Gasteiger partial charge in [-0.3, -0.25) is 0 Å². The third-order valence-corrected chi connectivity index (χ3v) is 2.44. The molecule has 0 bridgehead atoms. The number of hydrogen-bond donors (Lipinski definition) is 0. The molecule has 0 atom stereocenters. The van der Waals surface area contributed by atoms with E-state index in [9.17, 15) is 4.79 Å². The molecule has 0 aromatic heterocycles. The molecule has 0 unspecified atom stereocenters. The molecule has 100 valence electrons. The van der Waals surface area contributed by atoms with Gasteiger partial charge in [-0.05, 0) is 19.3 Å². The number of hydrogen-bond acceptors (Lipinski definition) is 3.